The number of nitrogens with zero attached hydrogens (tertiary/aromatic N) is 2. The molecular weight excluding hydrogens is 186 g/mol. The number of aryl methyl sites for hydroxylation is 1. The van der Waals surface area contributed by atoms with Crippen LogP contribution in [0.5, 0.6) is 0 Å². The van der Waals surface area contributed by atoms with E-state index in [2.05, 4.69) is 28.8 Å². The topological polar surface area (TPSA) is 37.8 Å². The summed E-state index contributed by atoms with van der Waals surface area (Å²) in [4.78, 5) is 8.66. The fraction of sp³-hybridized carbons (Fsp3) is 0.500. The summed E-state index contributed by atoms with van der Waals surface area (Å²) >= 11 is 0. The molecule has 0 aliphatic heterocycles. The van der Waals surface area contributed by atoms with Gasteiger partial charge in [0.25, 0.3) is 0 Å². The highest BCUT2D eigenvalue weighted by atomic mass is 15.0. The third kappa shape index (κ3) is 3.80. The normalized spacial score (nSPS) is 12.4. The first kappa shape index (κ1) is 11.9. The Balaban J connectivity index is 2.69. The number of rotatable bonds is 6. The molecule has 0 saturated carbocycles. The maximum atomic E-state index is 4.33. The van der Waals surface area contributed by atoms with E-state index in [1.54, 1.807) is 0 Å². The number of hydrogen-bond acceptors (Lipinski definition) is 3. The van der Waals surface area contributed by atoms with Gasteiger partial charge in [-0.3, -0.25) is 0 Å². The predicted octanol–water partition coefficient (Wildman–Crippen LogP) is 2.40. The summed E-state index contributed by atoms with van der Waals surface area (Å²) in [6, 6.07) is 0.197. The quantitative estimate of drug-likeness (QED) is 0.725. The van der Waals surface area contributed by atoms with E-state index in [0.29, 0.717) is 0 Å². The number of hydrogen-bond donors (Lipinski definition) is 1. The highest BCUT2D eigenvalue weighted by Gasteiger charge is 2.10. The van der Waals surface area contributed by atoms with Crippen molar-refractivity contribution < 1.29 is 0 Å². The minimum Gasteiger partial charge on any atom is -0.307 e. The van der Waals surface area contributed by atoms with Crippen molar-refractivity contribution in [2.75, 3.05) is 6.54 Å². The van der Waals surface area contributed by atoms with Crippen LogP contribution in [0.3, 0.4) is 0 Å². The molecule has 1 heterocycles. The summed E-state index contributed by atoms with van der Waals surface area (Å²) in [5, 5.41) is 3.41. The molecule has 0 spiro atoms. The minimum atomic E-state index is 0.197. The summed E-state index contributed by atoms with van der Waals surface area (Å²) < 4.78 is 0. The zero-order chi connectivity index (χ0) is 11.1. The molecular formula is C12H19N3. The van der Waals surface area contributed by atoms with Gasteiger partial charge in [0.15, 0.2) is 0 Å². The van der Waals surface area contributed by atoms with Gasteiger partial charge in [0.05, 0.1) is 6.04 Å². The van der Waals surface area contributed by atoms with Crippen LogP contribution in [0.4, 0.5) is 0 Å². The van der Waals surface area contributed by atoms with Crippen molar-refractivity contribution in [3.05, 3.63) is 36.4 Å². The Morgan fingerprint density at radius 3 is 2.67 bits per heavy atom. The van der Waals surface area contributed by atoms with Gasteiger partial charge in [0.2, 0.25) is 0 Å². The summed E-state index contributed by atoms with van der Waals surface area (Å²) in [5.41, 5.74) is 1.09. The van der Waals surface area contributed by atoms with Gasteiger partial charge in [-0.2, -0.15) is 0 Å². The molecule has 1 rings (SSSR count). The molecule has 0 aliphatic rings. The molecule has 0 saturated heterocycles. The molecule has 0 aromatic carbocycles. The molecule has 0 bridgehead atoms. The largest absolute Gasteiger partial charge is 0.307 e. The van der Waals surface area contributed by atoms with Crippen LogP contribution in [0.15, 0.2) is 25.0 Å². The molecule has 0 amide bonds. The zero-order valence-corrected chi connectivity index (χ0v) is 9.53. The first-order valence-electron chi connectivity index (χ1n) is 5.40. The maximum absolute atomic E-state index is 4.33. The Morgan fingerprint density at radius 2 is 2.13 bits per heavy atom. The van der Waals surface area contributed by atoms with Gasteiger partial charge in [-0.1, -0.05) is 13.0 Å². The fourth-order valence-corrected chi connectivity index (χ4v) is 1.35. The summed E-state index contributed by atoms with van der Waals surface area (Å²) in [5.74, 6) is 0.856. The lowest BCUT2D eigenvalue weighted by molar-refractivity contribution is 0.511. The lowest BCUT2D eigenvalue weighted by Gasteiger charge is -2.14. The van der Waals surface area contributed by atoms with Gasteiger partial charge >= 0.3 is 0 Å². The maximum Gasteiger partial charge on any atom is 0.145 e. The van der Waals surface area contributed by atoms with Crippen molar-refractivity contribution >= 4 is 0 Å². The Hall–Kier alpha value is -1.22. The molecule has 3 nitrogen and oxygen atoms in total. The molecule has 1 aromatic rings. The first-order valence-corrected chi connectivity index (χ1v) is 5.40. The second kappa shape index (κ2) is 6.30. The van der Waals surface area contributed by atoms with Crippen LogP contribution in [0, 0.1) is 6.92 Å². The van der Waals surface area contributed by atoms with Gasteiger partial charge in [-0.15, -0.1) is 6.58 Å². The zero-order valence-electron chi connectivity index (χ0n) is 9.53. The summed E-state index contributed by atoms with van der Waals surface area (Å²) in [6.45, 7) is 8.88. The van der Waals surface area contributed by atoms with Crippen LogP contribution >= 0.6 is 0 Å². The Labute approximate surface area is 91.7 Å². The molecule has 1 aromatic heterocycles. The van der Waals surface area contributed by atoms with Crippen molar-refractivity contribution in [3.63, 3.8) is 0 Å². The molecule has 0 fully saturated rings. The lowest BCUT2D eigenvalue weighted by Crippen LogP contribution is -2.23. The first-order chi connectivity index (χ1) is 7.27. The SMILES string of the molecule is C=CCC(NCCC)c1ncc(C)cn1. The van der Waals surface area contributed by atoms with Crippen LogP contribution in [-0.2, 0) is 0 Å². The lowest BCUT2D eigenvalue weighted by atomic mass is 10.2. The van der Waals surface area contributed by atoms with Gasteiger partial charge in [0, 0.05) is 12.4 Å². The molecule has 1 N–H and O–H groups in total. The molecule has 0 aliphatic carbocycles. The molecule has 15 heavy (non-hydrogen) atoms. The average Bonchev–Trinajstić information content (AvgIpc) is 2.25. The Kier molecular flexibility index (Phi) is 4.98. The van der Waals surface area contributed by atoms with E-state index in [0.717, 1.165) is 30.8 Å². The van der Waals surface area contributed by atoms with Gasteiger partial charge in [-0.25, -0.2) is 9.97 Å². The van der Waals surface area contributed by atoms with Crippen molar-refractivity contribution in [1.29, 1.82) is 0 Å². The number of aromatic nitrogens is 2. The average molecular weight is 205 g/mol. The monoisotopic (exact) mass is 205 g/mol. The van der Waals surface area contributed by atoms with E-state index in [-0.39, 0.29) is 6.04 Å². The molecule has 1 atom stereocenters. The highest BCUT2D eigenvalue weighted by Crippen LogP contribution is 2.12. The standard InChI is InChI=1S/C12H19N3/c1-4-6-11(13-7-5-2)12-14-8-10(3)9-15-12/h4,8-9,11,13H,1,5-7H2,2-3H3. The Bertz CT molecular complexity index is 292. The van der Waals surface area contributed by atoms with Crippen LogP contribution < -0.4 is 5.32 Å². The van der Waals surface area contributed by atoms with E-state index in [1.165, 1.54) is 0 Å². The van der Waals surface area contributed by atoms with Gasteiger partial charge in [-0.05, 0) is 31.9 Å². The van der Waals surface area contributed by atoms with Crippen molar-refractivity contribution in [1.82, 2.24) is 15.3 Å². The molecule has 0 radical (unpaired) electrons. The van der Waals surface area contributed by atoms with Crippen LogP contribution in [0.1, 0.15) is 37.2 Å². The van der Waals surface area contributed by atoms with Crippen molar-refractivity contribution in [2.24, 2.45) is 0 Å². The highest BCUT2D eigenvalue weighted by molar-refractivity contribution is 5.05. The second-order valence-electron chi connectivity index (χ2n) is 3.65. The van der Waals surface area contributed by atoms with Crippen LogP contribution in [0.25, 0.3) is 0 Å². The van der Waals surface area contributed by atoms with Gasteiger partial charge < -0.3 is 5.32 Å². The number of nitrogens with one attached hydrogen (secondary N) is 1. The van der Waals surface area contributed by atoms with E-state index in [1.807, 2.05) is 25.4 Å². The van der Waals surface area contributed by atoms with E-state index < -0.39 is 0 Å². The molecule has 1 unspecified atom stereocenters. The molecule has 3 heteroatoms. The van der Waals surface area contributed by atoms with E-state index in [9.17, 15) is 0 Å². The third-order valence-corrected chi connectivity index (χ3v) is 2.16. The smallest absolute Gasteiger partial charge is 0.145 e. The fourth-order valence-electron chi connectivity index (χ4n) is 1.35. The van der Waals surface area contributed by atoms with Crippen LogP contribution in [-0.4, -0.2) is 16.5 Å². The minimum absolute atomic E-state index is 0.197. The van der Waals surface area contributed by atoms with Crippen LogP contribution in [0.2, 0.25) is 0 Å². The van der Waals surface area contributed by atoms with Crippen molar-refractivity contribution in [2.45, 2.75) is 32.7 Å². The predicted molar refractivity (Wildman–Crippen MR) is 62.6 cm³/mol. The molecule has 82 valence electrons. The summed E-state index contributed by atoms with van der Waals surface area (Å²) in [7, 11) is 0. The van der Waals surface area contributed by atoms with E-state index in [4.69, 9.17) is 0 Å². The second-order valence-corrected chi connectivity index (χ2v) is 3.65. The van der Waals surface area contributed by atoms with Gasteiger partial charge in [0.1, 0.15) is 5.82 Å². The summed E-state index contributed by atoms with van der Waals surface area (Å²) in [6.07, 6.45) is 7.58. The van der Waals surface area contributed by atoms with Crippen molar-refractivity contribution in [3.8, 4) is 0 Å². The van der Waals surface area contributed by atoms with E-state index >= 15 is 0 Å². The Morgan fingerprint density at radius 1 is 1.47 bits per heavy atom. The third-order valence-electron chi connectivity index (χ3n) is 2.16.